The average Bonchev–Trinajstić information content (AvgIpc) is 2.66. The molecule has 0 fully saturated rings. The number of aliphatic imine (C=N–C) groups is 1. The summed E-state index contributed by atoms with van der Waals surface area (Å²) in [5, 5.41) is 3.24. The van der Waals surface area contributed by atoms with Gasteiger partial charge in [0.25, 0.3) is 0 Å². The van der Waals surface area contributed by atoms with Crippen molar-refractivity contribution in [1.82, 2.24) is 10.2 Å². The van der Waals surface area contributed by atoms with Crippen molar-refractivity contribution in [1.29, 1.82) is 0 Å². The summed E-state index contributed by atoms with van der Waals surface area (Å²) in [4.78, 5) is 18.5. The first-order chi connectivity index (χ1) is 13.0. The summed E-state index contributed by atoms with van der Waals surface area (Å²) in [6.07, 6.45) is 0.431. The average molecular weight is 370 g/mol. The third-order valence-corrected chi connectivity index (χ3v) is 4.22. The molecule has 0 heterocycles. The summed E-state index contributed by atoms with van der Waals surface area (Å²) in [5.74, 6) is -0.449. The molecule has 0 aliphatic carbocycles. The predicted octanol–water partition coefficient (Wildman–Crippen LogP) is 2.57. The number of hydrogen-bond donors (Lipinski definition) is 2. The number of carbonyl (C=O) groups excluding carboxylic acids is 1. The molecule has 3 N–H and O–H groups in total. The zero-order valence-corrected chi connectivity index (χ0v) is 15.9. The Morgan fingerprint density at radius 3 is 2.41 bits per heavy atom. The van der Waals surface area contributed by atoms with Crippen molar-refractivity contribution in [2.45, 2.75) is 19.9 Å². The summed E-state index contributed by atoms with van der Waals surface area (Å²) in [6.45, 7) is 3.69. The topological polar surface area (TPSA) is 70.7 Å². The van der Waals surface area contributed by atoms with Crippen molar-refractivity contribution in [3.8, 4) is 0 Å². The van der Waals surface area contributed by atoms with Gasteiger partial charge in [-0.2, -0.15) is 0 Å². The molecule has 0 spiro atoms. The van der Waals surface area contributed by atoms with E-state index in [2.05, 4.69) is 22.4 Å². The first-order valence-electron chi connectivity index (χ1n) is 9.06. The van der Waals surface area contributed by atoms with Gasteiger partial charge in [-0.05, 0) is 36.6 Å². The van der Waals surface area contributed by atoms with E-state index in [1.54, 1.807) is 12.1 Å². The van der Waals surface area contributed by atoms with E-state index >= 15 is 0 Å². The number of amides is 1. The number of benzene rings is 2. The monoisotopic (exact) mass is 370 g/mol. The minimum atomic E-state index is -0.450. The van der Waals surface area contributed by atoms with Crippen LogP contribution in [0.15, 0.2) is 59.6 Å². The fraction of sp³-hybridized carbons (Fsp3) is 0.333. The molecule has 1 unspecified atom stereocenters. The zero-order valence-electron chi connectivity index (χ0n) is 15.9. The SMILES string of the molecule is CCNC(=NCC(Cc1ccc(F)cc1)C(N)=O)N(C)Cc1ccccc1. The molecule has 144 valence electrons. The first kappa shape index (κ1) is 20.4. The van der Waals surface area contributed by atoms with Gasteiger partial charge in [0.1, 0.15) is 5.82 Å². The highest BCUT2D eigenvalue weighted by Gasteiger charge is 2.17. The molecule has 0 radical (unpaired) electrons. The second-order valence-corrected chi connectivity index (χ2v) is 6.47. The molecule has 2 aromatic carbocycles. The van der Waals surface area contributed by atoms with E-state index in [0.717, 1.165) is 12.1 Å². The molecule has 2 rings (SSSR count). The van der Waals surface area contributed by atoms with Crippen molar-refractivity contribution >= 4 is 11.9 Å². The van der Waals surface area contributed by atoms with Crippen LogP contribution >= 0.6 is 0 Å². The fourth-order valence-corrected chi connectivity index (χ4v) is 2.76. The molecule has 1 amide bonds. The fourth-order valence-electron chi connectivity index (χ4n) is 2.76. The minimum absolute atomic E-state index is 0.272. The molecule has 0 aliphatic heterocycles. The highest BCUT2D eigenvalue weighted by Crippen LogP contribution is 2.11. The van der Waals surface area contributed by atoms with E-state index in [4.69, 9.17) is 5.73 Å². The quantitative estimate of drug-likeness (QED) is 0.554. The number of guanidine groups is 1. The molecule has 0 aliphatic rings. The van der Waals surface area contributed by atoms with Gasteiger partial charge in [0.05, 0.1) is 12.5 Å². The Hall–Kier alpha value is -2.89. The van der Waals surface area contributed by atoms with Crippen LogP contribution in [0.5, 0.6) is 0 Å². The Morgan fingerprint density at radius 1 is 1.15 bits per heavy atom. The smallest absolute Gasteiger partial charge is 0.222 e. The van der Waals surface area contributed by atoms with E-state index < -0.39 is 11.8 Å². The van der Waals surface area contributed by atoms with E-state index in [1.807, 2.05) is 37.1 Å². The Labute approximate surface area is 160 Å². The maximum Gasteiger partial charge on any atom is 0.222 e. The van der Waals surface area contributed by atoms with Crippen LogP contribution in [-0.4, -0.2) is 36.9 Å². The first-order valence-corrected chi connectivity index (χ1v) is 9.06. The van der Waals surface area contributed by atoms with Crippen LogP contribution in [0.4, 0.5) is 4.39 Å². The van der Waals surface area contributed by atoms with Crippen LogP contribution in [-0.2, 0) is 17.8 Å². The number of primary amides is 1. The Bertz CT molecular complexity index is 747. The standard InChI is InChI=1S/C21H27FN4O/c1-3-24-21(26(2)15-17-7-5-4-6-8-17)25-14-18(20(23)27)13-16-9-11-19(22)12-10-16/h4-12,18H,3,13-15H2,1-2H3,(H2,23,27)(H,24,25). The molecule has 27 heavy (non-hydrogen) atoms. The van der Waals surface area contributed by atoms with Crippen molar-refractivity contribution in [2.24, 2.45) is 16.6 Å². The summed E-state index contributed by atoms with van der Waals surface area (Å²) in [6, 6.07) is 16.2. The molecule has 0 aromatic heterocycles. The number of nitrogens with one attached hydrogen (secondary N) is 1. The molecule has 6 heteroatoms. The van der Waals surface area contributed by atoms with Crippen molar-refractivity contribution in [2.75, 3.05) is 20.1 Å². The van der Waals surface area contributed by atoms with Crippen LogP contribution in [0.1, 0.15) is 18.1 Å². The van der Waals surface area contributed by atoms with Gasteiger partial charge in [0.2, 0.25) is 5.91 Å². The Balaban J connectivity index is 2.07. The largest absolute Gasteiger partial charge is 0.369 e. The van der Waals surface area contributed by atoms with Crippen LogP contribution in [0.25, 0.3) is 0 Å². The Kier molecular flexibility index (Phi) is 7.79. The lowest BCUT2D eigenvalue weighted by molar-refractivity contribution is -0.121. The van der Waals surface area contributed by atoms with Gasteiger partial charge in [-0.1, -0.05) is 42.5 Å². The minimum Gasteiger partial charge on any atom is -0.369 e. The molecule has 0 saturated heterocycles. The van der Waals surface area contributed by atoms with E-state index in [0.29, 0.717) is 18.9 Å². The molecule has 0 bridgehead atoms. The van der Waals surface area contributed by atoms with Crippen LogP contribution in [0.2, 0.25) is 0 Å². The zero-order chi connectivity index (χ0) is 19.6. The normalized spacial score (nSPS) is 12.5. The van der Waals surface area contributed by atoms with Gasteiger partial charge < -0.3 is 16.0 Å². The van der Waals surface area contributed by atoms with Crippen LogP contribution < -0.4 is 11.1 Å². The van der Waals surface area contributed by atoms with Gasteiger partial charge in [0.15, 0.2) is 5.96 Å². The lowest BCUT2D eigenvalue weighted by Gasteiger charge is -2.23. The molecular formula is C21H27FN4O. The van der Waals surface area contributed by atoms with E-state index in [9.17, 15) is 9.18 Å². The van der Waals surface area contributed by atoms with Gasteiger partial charge in [-0.25, -0.2) is 4.39 Å². The van der Waals surface area contributed by atoms with E-state index in [-0.39, 0.29) is 12.4 Å². The maximum absolute atomic E-state index is 13.1. The summed E-state index contributed by atoms with van der Waals surface area (Å²) < 4.78 is 13.1. The van der Waals surface area contributed by atoms with Gasteiger partial charge in [-0.3, -0.25) is 9.79 Å². The number of carbonyl (C=O) groups is 1. The molecule has 0 saturated carbocycles. The molecule has 5 nitrogen and oxygen atoms in total. The lowest BCUT2D eigenvalue weighted by atomic mass is 9.99. The highest BCUT2D eigenvalue weighted by atomic mass is 19.1. The number of nitrogens with zero attached hydrogens (tertiary/aromatic N) is 2. The number of nitrogens with two attached hydrogens (primary N) is 1. The van der Waals surface area contributed by atoms with Crippen molar-refractivity contribution in [3.63, 3.8) is 0 Å². The van der Waals surface area contributed by atoms with Crippen molar-refractivity contribution < 1.29 is 9.18 Å². The number of hydrogen-bond acceptors (Lipinski definition) is 2. The molecular weight excluding hydrogens is 343 g/mol. The second kappa shape index (κ2) is 10.3. The van der Waals surface area contributed by atoms with Crippen molar-refractivity contribution in [3.05, 3.63) is 71.5 Å². The lowest BCUT2D eigenvalue weighted by Crippen LogP contribution is -2.39. The van der Waals surface area contributed by atoms with Crippen LogP contribution in [0, 0.1) is 11.7 Å². The summed E-state index contributed by atoms with van der Waals surface area (Å²) in [5.41, 5.74) is 7.59. The molecule has 2 aromatic rings. The predicted molar refractivity (Wildman–Crippen MR) is 107 cm³/mol. The maximum atomic E-state index is 13.1. The van der Waals surface area contributed by atoms with Crippen LogP contribution in [0.3, 0.4) is 0 Å². The number of rotatable bonds is 8. The molecule has 1 atom stereocenters. The van der Waals surface area contributed by atoms with E-state index in [1.165, 1.54) is 17.7 Å². The van der Waals surface area contributed by atoms with Gasteiger partial charge >= 0.3 is 0 Å². The van der Waals surface area contributed by atoms with Gasteiger partial charge in [-0.15, -0.1) is 0 Å². The summed E-state index contributed by atoms with van der Waals surface area (Å²) >= 11 is 0. The number of halogens is 1. The second-order valence-electron chi connectivity index (χ2n) is 6.47. The summed E-state index contributed by atoms with van der Waals surface area (Å²) in [7, 11) is 1.95. The van der Waals surface area contributed by atoms with Gasteiger partial charge in [0, 0.05) is 20.1 Å². The Morgan fingerprint density at radius 2 is 1.81 bits per heavy atom. The third kappa shape index (κ3) is 6.73. The third-order valence-electron chi connectivity index (χ3n) is 4.22. The highest BCUT2D eigenvalue weighted by molar-refractivity contribution is 5.81.